The van der Waals surface area contributed by atoms with Crippen LogP contribution in [0.5, 0.6) is 5.75 Å². The average Bonchev–Trinajstić information content (AvgIpc) is 2.36. The fourth-order valence-electron chi connectivity index (χ4n) is 2.18. The third kappa shape index (κ3) is 3.00. The first-order valence-electron chi connectivity index (χ1n) is 6.02. The number of alkyl halides is 3. The van der Waals surface area contributed by atoms with Crippen molar-refractivity contribution < 1.29 is 22.7 Å². The summed E-state index contributed by atoms with van der Waals surface area (Å²) in [6.07, 6.45) is -3.29. The molecule has 6 heteroatoms. The van der Waals surface area contributed by atoms with Crippen LogP contribution < -0.4 is 10.1 Å². The molecular weight excluding hydrogens is 259 g/mol. The molecule has 0 bridgehead atoms. The second-order valence-corrected chi connectivity index (χ2v) is 4.47. The molecule has 1 amide bonds. The molecule has 3 nitrogen and oxygen atoms in total. The molecule has 1 N–H and O–H groups in total. The third-order valence-corrected chi connectivity index (χ3v) is 3.07. The normalized spacial score (nSPS) is 16.2. The van der Waals surface area contributed by atoms with Gasteiger partial charge in [-0.3, -0.25) is 4.79 Å². The van der Waals surface area contributed by atoms with E-state index in [2.05, 4.69) is 0 Å². The predicted octanol–water partition coefficient (Wildman–Crippen LogP) is 2.75. The van der Waals surface area contributed by atoms with Crippen LogP contribution in [0, 0.1) is 0 Å². The first-order valence-corrected chi connectivity index (χ1v) is 6.02. The molecule has 2 rings (SSSR count). The van der Waals surface area contributed by atoms with E-state index < -0.39 is 18.1 Å². The van der Waals surface area contributed by atoms with Crippen molar-refractivity contribution >= 4 is 5.91 Å². The Morgan fingerprint density at radius 1 is 1.42 bits per heavy atom. The molecule has 1 aliphatic heterocycles. The van der Waals surface area contributed by atoms with Crippen molar-refractivity contribution in [2.75, 3.05) is 6.61 Å². The molecule has 1 aromatic carbocycles. The largest absolute Gasteiger partial charge is 0.493 e. The monoisotopic (exact) mass is 273 g/mol. The molecule has 0 radical (unpaired) electrons. The van der Waals surface area contributed by atoms with Crippen molar-refractivity contribution in [1.82, 2.24) is 5.32 Å². The van der Waals surface area contributed by atoms with Gasteiger partial charge in [0.25, 0.3) is 0 Å². The van der Waals surface area contributed by atoms with Gasteiger partial charge >= 0.3 is 12.1 Å². The SMILES string of the molecule is C[C@@H](NC(=O)C(F)(F)F)c1cccc2c1CCCO2. The molecule has 0 saturated heterocycles. The maximum absolute atomic E-state index is 12.2. The Morgan fingerprint density at radius 3 is 2.84 bits per heavy atom. The maximum Gasteiger partial charge on any atom is 0.471 e. The molecule has 19 heavy (non-hydrogen) atoms. The van der Waals surface area contributed by atoms with E-state index >= 15 is 0 Å². The van der Waals surface area contributed by atoms with Crippen LogP contribution in [0.15, 0.2) is 18.2 Å². The van der Waals surface area contributed by atoms with E-state index in [0.29, 0.717) is 17.9 Å². The van der Waals surface area contributed by atoms with Gasteiger partial charge in [-0.05, 0) is 37.0 Å². The van der Waals surface area contributed by atoms with Gasteiger partial charge in [-0.15, -0.1) is 0 Å². The van der Waals surface area contributed by atoms with Crippen molar-refractivity contribution in [3.05, 3.63) is 29.3 Å². The Hall–Kier alpha value is -1.72. The highest BCUT2D eigenvalue weighted by atomic mass is 19.4. The summed E-state index contributed by atoms with van der Waals surface area (Å²) >= 11 is 0. The number of nitrogens with one attached hydrogen (secondary N) is 1. The molecule has 0 spiro atoms. The lowest BCUT2D eigenvalue weighted by Gasteiger charge is -2.24. The van der Waals surface area contributed by atoms with Gasteiger partial charge in [-0.1, -0.05) is 12.1 Å². The zero-order chi connectivity index (χ0) is 14.0. The number of hydrogen-bond donors (Lipinski definition) is 1. The first kappa shape index (κ1) is 13.7. The van der Waals surface area contributed by atoms with Crippen LogP contribution in [-0.4, -0.2) is 18.7 Å². The van der Waals surface area contributed by atoms with E-state index in [9.17, 15) is 18.0 Å². The predicted molar refractivity (Wildman–Crippen MR) is 62.9 cm³/mol. The minimum atomic E-state index is -4.86. The smallest absolute Gasteiger partial charge is 0.471 e. The number of hydrogen-bond acceptors (Lipinski definition) is 2. The van der Waals surface area contributed by atoms with E-state index in [1.165, 1.54) is 6.92 Å². The number of rotatable bonds is 2. The Morgan fingerprint density at radius 2 is 2.16 bits per heavy atom. The highest BCUT2D eigenvalue weighted by Gasteiger charge is 2.39. The van der Waals surface area contributed by atoms with Crippen molar-refractivity contribution in [2.45, 2.75) is 32.0 Å². The van der Waals surface area contributed by atoms with Gasteiger partial charge in [0.15, 0.2) is 0 Å². The number of amides is 1. The van der Waals surface area contributed by atoms with Gasteiger partial charge in [-0.25, -0.2) is 0 Å². The number of ether oxygens (including phenoxy) is 1. The van der Waals surface area contributed by atoms with E-state index in [1.54, 1.807) is 18.2 Å². The number of halogens is 3. The lowest BCUT2D eigenvalue weighted by molar-refractivity contribution is -0.174. The Balaban J connectivity index is 2.20. The molecule has 1 atom stereocenters. The number of carbonyl (C=O) groups excluding carboxylic acids is 1. The summed E-state index contributed by atoms with van der Waals surface area (Å²) in [4.78, 5) is 10.9. The second kappa shape index (κ2) is 5.11. The van der Waals surface area contributed by atoms with Gasteiger partial charge in [-0.2, -0.15) is 13.2 Å². The van der Waals surface area contributed by atoms with Crippen LogP contribution in [0.3, 0.4) is 0 Å². The topological polar surface area (TPSA) is 38.3 Å². The zero-order valence-corrected chi connectivity index (χ0v) is 10.4. The number of carbonyl (C=O) groups is 1. The van der Waals surface area contributed by atoms with Crippen molar-refractivity contribution in [3.8, 4) is 5.75 Å². The standard InChI is InChI=1S/C13H14F3NO2/c1-8(17-12(18)13(14,15)16)9-4-2-6-11-10(9)5-3-7-19-11/h2,4,6,8H,3,5,7H2,1H3,(H,17,18)/t8-/m1/s1. The fourth-order valence-corrected chi connectivity index (χ4v) is 2.18. The molecule has 0 unspecified atom stereocenters. The third-order valence-electron chi connectivity index (χ3n) is 3.07. The molecule has 0 aliphatic carbocycles. The highest BCUT2D eigenvalue weighted by Crippen LogP contribution is 2.31. The minimum absolute atomic E-state index is 0.611. The lowest BCUT2D eigenvalue weighted by Crippen LogP contribution is -2.38. The van der Waals surface area contributed by atoms with Gasteiger partial charge < -0.3 is 10.1 Å². The number of benzene rings is 1. The van der Waals surface area contributed by atoms with Crippen LogP contribution in [-0.2, 0) is 11.2 Å². The average molecular weight is 273 g/mol. The Bertz CT molecular complexity index is 485. The van der Waals surface area contributed by atoms with Crippen LogP contribution in [0.4, 0.5) is 13.2 Å². The fraction of sp³-hybridized carbons (Fsp3) is 0.462. The summed E-state index contributed by atoms with van der Waals surface area (Å²) < 4.78 is 42.1. The van der Waals surface area contributed by atoms with Gasteiger partial charge in [0, 0.05) is 0 Å². The molecular formula is C13H14F3NO2. The quantitative estimate of drug-likeness (QED) is 0.899. The highest BCUT2D eigenvalue weighted by molar-refractivity contribution is 5.82. The van der Waals surface area contributed by atoms with E-state index in [-0.39, 0.29) is 0 Å². The molecule has 1 aliphatic rings. The maximum atomic E-state index is 12.2. The summed E-state index contributed by atoms with van der Waals surface area (Å²) in [5.41, 5.74) is 1.55. The van der Waals surface area contributed by atoms with Crippen LogP contribution in [0.1, 0.15) is 30.5 Å². The van der Waals surface area contributed by atoms with Crippen LogP contribution >= 0.6 is 0 Å². The van der Waals surface area contributed by atoms with Gasteiger partial charge in [0.05, 0.1) is 12.6 Å². The summed E-state index contributed by atoms with van der Waals surface area (Å²) in [5, 5.41) is 1.97. The van der Waals surface area contributed by atoms with Crippen molar-refractivity contribution in [2.24, 2.45) is 0 Å². The molecule has 0 aromatic heterocycles. The zero-order valence-electron chi connectivity index (χ0n) is 10.4. The Labute approximate surface area is 108 Å². The molecule has 1 aromatic rings. The van der Waals surface area contributed by atoms with Crippen molar-refractivity contribution in [3.63, 3.8) is 0 Å². The summed E-state index contributed by atoms with van der Waals surface area (Å²) in [5.74, 6) is -1.23. The van der Waals surface area contributed by atoms with Gasteiger partial charge in [0.1, 0.15) is 5.75 Å². The van der Waals surface area contributed by atoms with E-state index in [0.717, 1.165) is 18.4 Å². The molecule has 1 heterocycles. The van der Waals surface area contributed by atoms with Crippen LogP contribution in [0.2, 0.25) is 0 Å². The minimum Gasteiger partial charge on any atom is -0.493 e. The Kier molecular flexibility index (Phi) is 3.68. The van der Waals surface area contributed by atoms with Crippen molar-refractivity contribution in [1.29, 1.82) is 0 Å². The molecule has 0 fully saturated rings. The second-order valence-electron chi connectivity index (χ2n) is 4.47. The molecule has 104 valence electrons. The first-order chi connectivity index (χ1) is 8.89. The molecule has 0 saturated carbocycles. The van der Waals surface area contributed by atoms with Crippen LogP contribution in [0.25, 0.3) is 0 Å². The lowest BCUT2D eigenvalue weighted by atomic mass is 9.95. The summed E-state index contributed by atoms with van der Waals surface area (Å²) in [7, 11) is 0. The van der Waals surface area contributed by atoms with Gasteiger partial charge in [0.2, 0.25) is 0 Å². The number of fused-ring (bicyclic) bond motifs is 1. The van der Waals surface area contributed by atoms with E-state index in [1.807, 2.05) is 5.32 Å². The summed E-state index contributed by atoms with van der Waals surface area (Å²) in [6, 6.07) is 4.52. The summed E-state index contributed by atoms with van der Waals surface area (Å²) in [6.45, 7) is 2.15. The van der Waals surface area contributed by atoms with E-state index in [4.69, 9.17) is 4.74 Å².